The molecule has 3 rings (SSSR count). The van der Waals surface area contributed by atoms with Crippen LogP contribution >= 0.6 is 11.6 Å². The fourth-order valence-corrected chi connectivity index (χ4v) is 3.10. The minimum Gasteiger partial charge on any atom is -0.496 e. The summed E-state index contributed by atoms with van der Waals surface area (Å²) in [5.74, 6) is 1.26. The van der Waals surface area contributed by atoms with Crippen molar-refractivity contribution in [2.24, 2.45) is 0 Å². The fraction of sp³-hybridized carbons (Fsp3) is 0.286. The molecule has 0 unspecified atom stereocenters. The second-order valence-electron chi connectivity index (χ2n) is 6.39. The van der Waals surface area contributed by atoms with Gasteiger partial charge in [-0.2, -0.15) is 0 Å². The number of benzene rings is 2. The van der Waals surface area contributed by atoms with Crippen LogP contribution in [-0.2, 0) is 6.54 Å². The van der Waals surface area contributed by atoms with Crippen molar-refractivity contribution in [3.05, 3.63) is 64.5 Å². The molecule has 0 N–H and O–H groups in total. The highest BCUT2D eigenvalue weighted by Gasteiger charge is 2.20. The van der Waals surface area contributed by atoms with Gasteiger partial charge in [0.05, 0.1) is 24.2 Å². The number of rotatable bonds is 7. The minimum absolute atomic E-state index is 0.113. The van der Waals surface area contributed by atoms with Crippen molar-refractivity contribution in [3.63, 3.8) is 0 Å². The standard InChI is InChI=1S/C21H22ClN3O3/c1-4-11-25(21(26)15-10-9-14(2)18(12-15)27-3)13-19-23-24-20(28-19)16-7-5-6-8-17(16)22/h5-10,12H,4,11,13H2,1-3H3. The molecule has 1 amide bonds. The number of carbonyl (C=O) groups excluding carboxylic acids is 1. The van der Waals surface area contributed by atoms with Crippen LogP contribution in [0.4, 0.5) is 0 Å². The quantitative estimate of drug-likeness (QED) is 0.573. The molecule has 6 nitrogen and oxygen atoms in total. The predicted octanol–water partition coefficient (Wildman–Crippen LogP) is 4.76. The van der Waals surface area contributed by atoms with Gasteiger partial charge in [-0.25, -0.2) is 0 Å². The smallest absolute Gasteiger partial charge is 0.254 e. The Morgan fingerprint density at radius 2 is 2.00 bits per heavy atom. The molecular weight excluding hydrogens is 378 g/mol. The van der Waals surface area contributed by atoms with Gasteiger partial charge >= 0.3 is 0 Å². The fourth-order valence-electron chi connectivity index (χ4n) is 2.88. The number of aryl methyl sites for hydroxylation is 1. The number of hydrogen-bond donors (Lipinski definition) is 0. The van der Waals surface area contributed by atoms with Crippen molar-refractivity contribution in [1.29, 1.82) is 0 Å². The molecule has 1 aromatic heterocycles. The average molecular weight is 400 g/mol. The number of hydrogen-bond acceptors (Lipinski definition) is 5. The molecule has 0 aliphatic rings. The summed E-state index contributed by atoms with van der Waals surface area (Å²) in [6, 6.07) is 12.7. The Labute approximate surface area is 169 Å². The summed E-state index contributed by atoms with van der Waals surface area (Å²) >= 11 is 6.19. The number of amides is 1. The Morgan fingerprint density at radius 1 is 1.21 bits per heavy atom. The van der Waals surface area contributed by atoms with E-state index in [4.69, 9.17) is 20.8 Å². The molecule has 0 aliphatic carbocycles. The monoisotopic (exact) mass is 399 g/mol. The van der Waals surface area contributed by atoms with E-state index in [1.807, 2.05) is 38.1 Å². The Bertz CT molecular complexity index is 971. The van der Waals surface area contributed by atoms with Crippen molar-refractivity contribution in [1.82, 2.24) is 15.1 Å². The van der Waals surface area contributed by atoms with Gasteiger partial charge in [-0.1, -0.05) is 36.7 Å². The predicted molar refractivity (Wildman–Crippen MR) is 108 cm³/mol. The molecule has 0 saturated carbocycles. The second kappa shape index (κ2) is 8.89. The Balaban J connectivity index is 1.82. The van der Waals surface area contributed by atoms with Crippen LogP contribution in [-0.4, -0.2) is 34.7 Å². The first-order chi connectivity index (χ1) is 13.5. The summed E-state index contributed by atoms with van der Waals surface area (Å²) in [6.45, 7) is 4.74. The lowest BCUT2D eigenvalue weighted by Crippen LogP contribution is -2.31. The maximum absolute atomic E-state index is 13.0. The number of methoxy groups -OCH3 is 1. The highest BCUT2D eigenvalue weighted by atomic mass is 35.5. The van der Waals surface area contributed by atoms with E-state index in [1.54, 1.807) is 30.2 Å². The van der Waals surface area contributed by atoms with Gasteiger partial charge < -0.3 is 14.1 Å². The number of nitrogens with zero attached hydrogens (tertiary/aromatic N) is 3. The molecule has 0 fully saturated rings. The largest absolute Gasteiger partial charge is 0.496 e. The normalized spacial score (nSPS) is 10.7. The highest BCUT2D eigenvalue weighted by molar-refractivity contribution is 6.33. The summed E-state index contributed by atoms with van der Waals surface area (Å²) < 4.78 is 11.1. The first-order valence-corrected chi connectivity index (χ1v) is 9.42. The van der Waals surface area contributed by atoms with E-state index >= 15 is 0 Å². The molecule has 0 spiro atoms. The third-order valence-electron chi connectivity index (χ3n) is 4.33. The van der Waals surface area contributed by atoms with E-state index in [9.17, 15) is 4.79 Å². The van der Waals surface area contributed by atoms with E-state index in [2.05, 4.69) is 10.2 Å². The number of aromatic nitrogens is 2. The van der Waals surface area contributed by atoms with Gasteiger partial charge in [0, 0.05) is 12.1 Å². The third-order valence-corrected chi connectivity index (χ3v) is 4.66. The second-order valence-corrected chi connectivity index (χ2v) is 6.80. The topological polar surface area (TPSA) is 68.5 Å². The van der Waals surface area contributed by atoms with Crippen molar-refractivity contribution >= 4 is 17.5 Å². The Kier molecular flexibility index (Phi) is 6.31. The number of halogens is 1. The van der Waals surface area contributed by atoms with Crippen LogP contribution in [0.15, 0.2) is 46.9 Å². The average Bonchev–Trinajstić information content (AvgIpc) is 3.16. The molecule has 0 radical (unpaired) electrons. The number of ether oxygens (including phenoxy) is 1. The number of carbonyl (C=O) groups is 1. The van der Waals surface area contributed by atoms with Crippen LogP contribution in [0.3, 0.4) is 0 Å². The Morgan fingerprint density at radius 3 is 2.71 bits per heavy atom. The van der Waals surface area contributed by atoms with E-state index in [0.29, 0.717) is 40.2 Å². The minimum atomic E-state index is -0.113. The van der Waals surface area contributed by atoms with Gasteiger partial charge in [-0.15, -0.1) is 10.2 Å². The summed E-state index contributed by atoms with van der Waals surface area (Å²) in [7, 11) is 1.59. The molecular formula is C21H22ClN3O3. The summed E-state index contributed by atoms with van der Waals surface area (Å²) in [5, 5.41) is 8.69. The van der Waals surface area contributed by atoms with Crippen molar-refractivity contribution in [2.45, 2.75) is 26.8 Å². The molecule has 1 heterocycles. The van der Waals surface area contributed by atoms with Gasteiger partial charge in [0.15, 0.2) is 0 Å². The summed E-state index contributed by atoms with van der Waals surface area (Å²) in [5.41, 5.74) is 2.20. The van der Waals surface area contributed by atoms with E-state index in [0.717, 1.165) is 12.0 Å². The maximum Gasteiger partial charge on any atom is 0.254 e. The molecule has 28 heavy (non-hydrogen) atoms. The van der Waals surface area contributed by atoms with E-state index < -0.39 is 0 Å². The molecule has 146 valence electrons. The van der Waals surface area contributed by atoms with E-state index in [-0.39, 0.29) is 12.5 Å². The first kappa shape index (κ1) is 19.9. The lowest BCUT2D eigenvalue weighted by Gasteiger charge is -2.21. The zero-order chi connectivity index (χ0) is 20.1. The van der Waals surface area contributed by atoms with Gasteiger partial charge in [-0.05, 0) is 43.2 Å². The lowest BCUT2D eigenvalue weighted by molar-refractivity contribution is 0.0728. The zero-order valence-corrected chi connectivity index (χ0v) is 16.9. The van der Waals surface area contributed by atoms with Gasteiger partial charge in [0.25, 0.3) is 5.91 Å². The molecule has 2 aromatic carbocycles. The van der Waals surface area contributed by atoms with Crippen LogP contribution in [0, 0.1) is 6.92 Å². The molecule has 0 aliphatic heterocycles. The van der Waals surface area contributed by atoms with Crippen LogP contribution in [0.5, 0.6) is 5.75 Å². The summed E-state index contributed by atoms with van der Waals surface area (Å²) in [6.07, 6.45) is 0.806. The molecule has 0 bridgehead atoms. The molecule has 0 saturated heterocycles. The third kappa shape index (κ3) is 4.34. The van der Waals surface area contributed by atoms with Gasteiger partial charge in [-0.3, -0.25) is 4.79 Å². The highest BCUT2D eigenvalue weighted by Crippen LogP contribution is 2.27. The first-order valence-electron chi connectivity index (χ1n) is 9.04. The van der Waals surface area contributed by atoms with E-state index in [1.165, 1.54) is 0 Å². The van der Waals surface area contributed by atoms with Crippen LogP contribution < -0.4 is 4.74 Å². The van der Waals surface area contributed by atoms with Crippen molar-refractivity contribution < 1.29 is 13.9 Å². The molecule has 3 aromatic rings. The lowest BCUT2D eigenvalue weighted by atomic mass is 10.1. The molecule has 7 heteroatoms. The van der Waals surface area contributed by atoms with Crippen molar-refractivity contribution in [2.75, 3.05) is 13.7 Å². The molecule has 0 atom stereocenters. The van der Waals surface area contributed by atoms with Gasteiger partial charge in [0.1, 0.15) is 5.75 Å². The van der Waals surface area contributed by atoms with Crippen LogP contribution in [0.25, 0.3) is 11.5 Å². The van der Waals surface area contributed by atoms with Crippen LogP contribution in [0.1, 0.15) is 35.2 Å². The maximum atomic E-state index is 13.0. The summed E-state index contributed by atoms with van der Waals surface area (Å²) in [4.78, 5) is 14.7. The Hall–Kier alpha value is -2.86. The van der Waals surface area contributed by atoms with Crippen molar-refractivity contribution in [3.8, 4) is 17.2 Å². The van der Waals surface area contributed by atoms with Crippen LogP contribution in [0.2, 0.25) is 5.02 Å². The SMILES string of the molecule is CCCN(Cc1nnc(-c2ccccc2Cl)o1)C(=O)c1ccc(C)c(OC)c1. The zero-order valence-electron chi connectivity index (χ0n) is 16.1. The van der Waals surface area contributed by atoms with Gasteiger partial charge in [0.2, 0.25) is 11.8 Å².